The minimum atomic E-state index is -0.254. The van der Waals surface area contributed by atoms with E-state index in [1.165, 1.54) is 12.3 Å². The first-order valence-electron chi connectivity index (χ1n) is 5.64. The summed E-state index contributed by atoms with van der Waals surface area (Å²) in [5, 5.41) is 2.84. The largest absolute Gasteiger partial charge is 0.352 e. The lowest BCUT2D eigenvalue weighted by molar-refractivity contribution is 0.0946. The number of pyridine rings is 1. The number of carbonyl (C=O) groups excluding carboxylic acids is 1. The number of amides is 1. The topological polar surface area (TPSA) is 62.0 Å². The van der Waals surface area contributed by atoms with Crippen LogP contribution in [-0.4, -0.2) is 17.4 Å². The van der Waals surface area contributed by atoms with Gasteiger partial charge in [0.15, 0.2) is 0 Å². The van der Waals surface area contributed by atoms with E-state index in [1.807, 2.05) is 0 Å². The molecule has 0 fully saturated rings. The monoisotopic (exact) mass is 222 g/mol. The SMILES string of the molecule is CCC(CC)CNC(=O)c1cc[nH]c(=O)c1. The van der Waals surface area contributed by atoms with Crippen molar-refractivity contribution in [2.45, 2.75) is 26.7 Å². The van der Waals surface area contributed by atoms with Crippen LogP contribution in [-0.2, 0) is 0 Å². The molecule has 1 amide bonds. The van der Waals surface area contributed by atoms with E-state index in [0.29, 0.717) is 18.0 Å². The molecule has 0 saturated carbocycles. The molecule has 2 N–H and O–H groups in total. The van der Waals surface area contributed by atoms with Gasteiger partial charge in [-0.3, -0.25) is 9.59 Å². The van der Waals surface area contributed by atoms with Crippen molar-refractivity contribution in [1.82, 2.24) is 10.3 Å². The molecule has 1 aromatic rings. The summed E-state index contributed by atoms with van der Waals surface area (Å²) in [6.07, 6.45) is 3.58. The molecule has 0 saturated heterocycles. The van der Waals surface area contributed by atoms with E-state index < -0.39 is 0 Å². The van der Waals surface area contributed by atoms with Gasteiger partial charge in [0, 0.05) is 24.4 Å². The van der Waals surface area contributed by atoms with Crippen LogP contribution in [0.1, 0.15) is 37.0 Å². The van der Waals surface area contributed by atoms with Gasteiger partial charge in [-0.05, 0) is 12.0 Å². The molecular formula is C12H18N2O2. The number of rotatable bonds is 5. The van der Waals surface area contributed by atoms with Crippen LogP contribution in [0.2, 0.25) is 0 Å². The Kier molecular flexibility index (Phi) is 4.76. The summed E-state index contributed by atoms with van der Waals surface area (Å²) in [6, 6.07) is 2.91. The van der Waals surface area contributed by atoms with Gasteiger partial charge >= 0.3 is 0 Å². The highest BCUT2D eigenvalue weighted by atomic mass is 16.2. The minimum absolute atomic E-state index is 0.182. The maximum Gasteiger partial charge on any atom is 0.251 e. The number of aromatic amines is 1. The molecule has 1 aromatic heterocycles. The first-order valence-corrected chi connectivity index (χ1v) is 5.64. The van der Waals surface area contributed by atoms with Crippen LogP contribution >= 0.6 is 0 Å². The highest BCUT2D eigenvalue weighted by molar-refractivity contribution is 5.93. The fraction of sp³-hybridized carbons (Fsp3) is 0.500. The number of aromatic nitrogens is 1. The average molecular weight is 222 g/mol. The molecule has 0 atom stereocenters. The van der Waals surface area contributed by atoms with Gasteiger partial charge in [-0.1, -0.05) is 26.7 Å². The zero-order chi connectivity index (χ0) is 12.0. The molecule has 1 heterocycles. The standard InChI is InChI=1S/C12H18N2O2/c1-3-9(4-2)8-14-12(16)10-5-6-13-11(15)7-10/h5-7,9H,3-4,8H2,1-2H3,(H,13,15)(H,14,16). The van der Waals surface area contributed by atoms with Crippen molar-refractivity contribution in [2.75, 3.05) is 6.54 Å². The average Bonchev–Trinajstić information content (AvgIpc) is 2.30. The molecule has 1 rings (SSSR count). The van der Waals surface area contributed by atoms with Crippen LogP contribution in [0.25, 0.3) is 0 Å². The maximum atomic E-state index is 11.7. The van der Waals surface area contributed by atoms with E-state index in [4.69, 9.17) is 0 Å². The van der Waals surface area contributed by atoms with E-state index in [-0.39, 0.29) is 11.5 Å². The summed E-state index contributed by atoms with van der Waals surface area (Å²) in [5.41, 5.74) is 0.157. The quantitative estimate of drug-likeness (QED) is 0.793. The molecule has 0 bridgehead atoms. The van der Waals surface area contributed by atoms with Crippen molar-refractivity contribution >= 4 is 5.91 Å². The van der Waals surface area contributed by atoms with Crippen molar-refractivity contribution in [2.24, 2.45) is 5.92 Å². The second-order valence-corrected chi connectivity index (χ2v) is 3.83. The number of hydrogen-bond acceptors (Lipinski definition) is 2. The smallest absolute Gasteiger partial charge is 0.251 e. The Bertz CT molecular complexity index is 394. The number of H-pyrrole nitrogens is 1. The highest BCUT2D eigenvalue weighted by Gasteiger charge is 2.08. The lowest BCUT2D eigenvalue weighted by Crippen LogP contribution is -2.29. The van der Waals surface area contributed by atoms with Crippen molar-refractivity contribution in [3.05, 3.63) is 34.2 Å². The van der Waals surface area contributed by atoms with Crippen LogP contribution in [0, 0.1) is 5.92 Å². The van der Waals surface area contributed by atoms with Crippen molar-refractivity contribution in [3.8, 4) is 0 Å². The Hall–Kier alpha value is -1.58. The van der Waals surface area contributed by atoms with Crippen LogP contribution in [0.3, 0.4) is 0 Å². The van der Waals surface area contributed by atoms with E-state index in [2.05, 4.69) is 24.1 Å². The lowest BCUT2D eigenvalue weighted by Gasteiger charge is -2.12. The highest BCUT2D eigenvalue weighted by Crippen LogP contribution is 2.05. The van der Waals surface area contributed by atoms with Gasteiger partial charge in [0.25, 0.3) is 5.91 Å². The molecule has 0 aliphatic carbocycles. The molecule has 0 unspecified atom stereocenters. The van der Waals surface area contributed by atoms with Gasteiger partial charge in [-0.15, -0.1) is 0 Å². The first-order chi connectivity index (χ1) is 7.67. The molecule has 0 aliphatic rings. The summed E-state index contributed by atoms with van der Waals surface area (Å²) >= 11 is 0. The molecule has 0 aliphatic heterocycles. The second kappa shape index (κ2) is 6.10. The first kappa shape index (κ1) is 12.5. The lowest BCUT2D eigenvalue weighted by atomic mass is 10.0. The number of nitrogens with one attached hydrogen (secondary N) is 2. The summed E-state index contributed by atoms with van der Waals surface area (Å²) in [5.74, 6) is 0.323. The van der Waals surface area contributed by atoms with Gasteiger partial charge in [-0.2, -0.15) is 0 Å². The van der Waals surface area contributed by atoms with E-state index >= 15 is 0 Å². The Balaban J connectivity index is 2.56. The molecule has 0 aromatic carbocycles. The molecule has 16 heavy (non-hydrogen) atoms. The Morgan fingerprint density at radius 2 is 2.12 bits per heavy atom. The molecule has 0 radical (unpaired) electrons. The van der Waals surface area contributed by atoms with Crippen molar-refractivity contribution in [3.63, 3.8) is 0 Å². The normalized spacial score (nSPS) is 10.4. The Labute approximate surface area is 95.1 Å². The fourth-order valence-electron chi connectivity index (χ4n) is 1.50. The van der Waals surface area contributed by atoms with Crippen LogP contribution < -0.4 is 10.9 Å². The molecule has 88 valence electrons. The number of carbonyl (C=O) groups is 1. The minimum Gasteiger partial charge on any atom is -0.352 e. The van der Waals surface area contributed by atoms with Gasteiger partial charge in [0.1, 0.15) is 0 Å². The maximum absolute atomic E-state index is 11.7. The van der Waals surface area contributed by atoms with E-state index in [9.17, 15) is 9.59 Å². The summed E-state index contributed by atoms with van der Waals surface area (Å²) in [7, 11) is 0. The Morgan fingerprint density at radius 3 is 2.69 bits per heavy atom. The van der Waals surface area contributed by atoms with E-state index in [0.717, 1.165) is 12.8 Å². The predicted molar refractivity (Wildman–Crippen MR) is 63.5 cm³/mol. The van der Waals surface area contributed by atoms with Gasteiger partial charge < -0.3 is 10.3 Å². The third-order valence-electron chi connectivity index (χ3n) is 2.74. The van der Waals surface area contributed by atoms with Crippen LogP contribution in [0.4, 0.5) is 0 Å². The molecule has 4 nitrogen and oxygen atoms in total. The summed E-state index contributed by atoms with van der Waals surface area (Å²) < 4.78 is 0. The Morgan fingerprint density at radius 1 is 1.44 bits per heavy atom. The second-order valence-electron chi connectivity index (χ2n) is 3.83. The predicted octanol–water partition coefficient (Wildman–Crippen LogP) is 1.54. The summed E-state index contributed by atoms with van der Waals surface area (Å²) in [6.45, 7) is 4.87. The van der Waals surface area contributed by atoms with Gasteiger partial charge in [-0.25, -0.2) is 0 Å². The van der Waals surface area contributed by atoms with Crippen molar-refractivity contribution in [1.29, 1.82) is 0 Å². The third-order valence-corrected chi connectivity index (χ3v) is 2.74. The van der Waals surface area contributed by atoms with Crippen molar-refractivity contribution < 1.29 is 4.79 Å². The number of hydrogen-bond donors (Lipinski definition) is 2. The van der Waals surface area contributed by atoms with Gasteiger partial charge in [0.05, 0.1) is 0 Å². The fourth-order valence-corrected chi connectivity index (χ4v) is 1.50. The summed E-state index contributed by atoms with van der Waals surface area (Å²) in [4.78, 5) is 25.2. The third kappa shape index (κ3) is 3.53. The van der Waals surface area contributed by atoms with Crippen LogP contribution in [0.5, 0.6) is 0 Å². The van der Waals surface area contributed by atoms with Gasteiger partial charge in [0.2, 0.25) is 5.56 Å². The van der Waals surface area contributed by atoms with E-state index in [1.54, 1.807) is 6.07 Å². The zero-order valence-corrected chi connectivity index (χ0v) is 9.75. The zero-order valence-electron chi connectivity index (χ0n) is 9.75. The molecule has 4 heteroatoms. The molecule has 0 spiro atoms. The van der Waals surface area contributed by atoms with Crippen LogP contribution in [0.15, 0.2) is 23.1 Å². The molecular weight excluding hydrogens is 204 g/mol.